The molecule has 1 fully saturated rings. The van der Waals surface area contributed by atoms with Crippen LogP contribution in [-0.4, -0.2) is 13.1 Å². The second-order valence-corrected chi connectivity index (χ2v) is 3.02. The van der Waals surface area contributed by atoms with Crippen LogP contribution in [0, 0.1) is 6.42 Å². The maximum Gasteiger partial charge on any atom is 0.000733 e. The van der Waals surface area contributed by atoms with Crippen molar-refractivity contribution in [3.8, 4) is 0 Å². The van der Waals surface area contributed by atoms with Crippen LogP contribution in [0.1, 0.15) is 53.4 Å². The molecule has 1 nitrogen and oxygen atoms in total. The van der Waals surface area contributed by atoms with E-state index in [4.69, 9.17) is 0 Å². The standard InChI is InChI=1S/C5H9.C4H11N.C2H6.Y/c1-2-4-5-3-1;1-4(2)5-3;1-2;/h1H,2-5H2;4-5H,1-3H3;1-2H3;/q-1;;;. The van der Waals surface area contributed by atoms with Crippen LogP contribution in [0.3, 0.4) is 0 Å². The molecule has 0 unspecified atom stereocenters. The van der Waals surface area contributed by atoms with E-state index in [1.165, 1.54) is 25.7 Å². The summed E-state index contributed by atoms with van der Waals surface area (Å²) in [4.78, 5) is 0. The zero-order valence-electron chi connectivity index (χ0n) is 10.1. The fourth-order valence-corrected chi connectivity index (χ4v) is 0.722. The Morgan fingerprint density at radius 1 is 1.08 bits per heavy atom. The van der Waals surface area contributed by atoms with Gasteiger partial charge in [0.05, 0.1) is 0 Å². The number of rotatable bonds is 1. The minimum atomic E-state index is 0. The van der Waals surface area contributed by atoms with E-state index in [1.54, 1.807) is 0 Å². The van der Waals surface area contributed by atoms with Gasteiger partial charge in [-0.2, -0.15) is 12.8 Å². The Labute approximate surface area is 110 Å². The first-order chi connectivity index (χ1) is 5.77. The largest absolute Gasteiger partial charge is 0.328 e. The molecule has 1 radical (unpaired) electrons. The van der Waals surface area contributed by atoms with E-state index in [2.05, 4.69) is 25.6 Å². The molecule has 2 heteroatoms. The minimum Gasteiger partial charge on any atom is -0.328 e. The summed E-state index contributed by atoms with van der Waals surface area (Å²) in [6, 6.07) is 0.634. The fraction of sp³-hybridized carbons (Fsp3) is 0.909. The summed E-state index contributed by atoms with van der Waals surface area (Å²) in [5.41, 5.74) is 0. The van der Waals surface area contributed by atoms with Crippen molar-refractivity contribution in [1.82, 2.24) is 5.32 Å². The van der Waals surface area contributed by atoms with Crippen molar-refractivity contribution >= 4 is 0 Å². The van der Waals surface area contributed by atoms with Crippen LogP contribution in [0.25, 0.3) is 0 Å². The first kappa shape index (κ1) is 19.6. The van der Waals surface area contributed by atoms with Gasteiger partial charge in [-0.25, -0.2) is 0 Å². The summed E-state index contributed by atoms with van der Waals surface area (Å²) >= 11 is 0. The Balaban J connectivity index is -0.000000122. The van der Waals surface area contributed by atoms with E-state index in [0.29, 0.717) is 6.04 Å². The van der Waals surface area contributed by atoms with Gasteiger partial charge in [-0.15, -0.1) is 0 Å². The van der Waals surface area contributed by atoms with Gasteiger partial charge in [0.25, 0.3) is 0 Å². The second kappa shape index (κ2) is 18.8. The van der Waals surface area contributed by atoms with Crippen molar-refractivity contribution in [2.75, 3.05) is 7.05 Å². The minimum absolute atomic E-state index is 0. The topological polar surface area (TPSA) is 12.0 Å². The third-order valence-electron chi connectivity index (χ3n) is 1.64. The Morgan fingerprint density at radius 3 is 1.46 bits per heavy atom. The van der Waals surface area contributed by atoms with Crippen LogP contribution < -0.4 is 5.32 Å². The van der Waals surface area contributed by atoms with Crippen LogP contribution in [0.5, 0.6) is 0 Å². The van der Waals surface area contributed by atoms with Crippen molar-refractivity contribution in [3.63, 3.8) is 0 Å². The van der Waals surface area contributed by atoms with Gasteiger partial charge < -0.3 is 11.7 Å². The number of hydrogen-bond donors (Lipinski definition) is 1. The van der Waals surface area contributed by atoms with Gasteiger partial charge in [0.15, 0.2) is 0 Å². The average molecular weight is 261 g/mol. The van der Waals surface area contributed by atoms with Crippen molar-refractivity contribution in [2.45, 2.75) is 59.4 Å². The number of hydrogen-bond acceptors (Lipinski definition) is 1. The van der Waals surface area contributed by atoms with E-state index < -0.39 is 0 Å². The SMILES string of the molecule is CC.CNC(C)C.[CH-]1CCCC1.[Y]. The molecule has 1 aliphatic rings. The van der Waals surface area contributed by atoms with Crippen LogP contribution in [0.15, 0.2) is 0 Å². The molecule has 0 spiro atoms. The molecule has 0 aromatic carbocycles. The molecular weight excluding hydrogens is 235 g/mol. The Hall–Kier alpha value is 1.06. The quantitative estimate of drug-likeness (QED) is 0.713. The van der Waals surface area contributed by atoms with Gasteiger partial charge in [0.1, 0.15) is 0 Å². The van der Waals surface area contributed by atoms with E-state index >= 15 is 0 Å². The van der Waals surface area contributed by atoms with Crippen molar-refractivity contribution in [1.29, 1.82) is 0 Å². The Morgan fingerprint density at radius 2 is 1.38 bits per heavy atom. The summed E-state index contributed by atoms with van der Waals surface area (Å²) in [6.45, 7) is 8.22. The molecule has 1 N–H and O–H groups in total. The molecular formula is C11H26NY-. The molecule has 1 rings (SSSR count). The Bertz CT molecular complexity index is 53.5. The predicted molar refractivity (Wildman–Crippen MR) is 58.3 cm³/mol. The van der Waals surface area contributed by atoms with Gasteiger partial charge in [-0.3, -0.25) is 0 Å². The van der Waals surface area contributed by atoms with E-state index in [9.17, 15) is 0 Å². The maximum atomic E-state index is 3.03. The summed E-state index contributed by atoms with van der Waals surface area (Å²) in [5, 5.41) is 3.03. The first-order valence-corrected chi connectivity index (χ1v) is 5.26. The zero-order valence-corrected chi connectivity index (χ0v) is 12.9. The van der Waals surface area contributed by atoms with Gasteiger partial charge in [0.2, 0.25) is 0 Å². The Kier molecular flexibility index (Phi) is 28.3. The normalized spacial score (nSPS) is 13.4. The molecule has 0 heterocycles. The molecule has 0 amide bonds. The summed E-state index contributed by atoms with van der Waals surface area (Å²) in [6.07, 6.45) is 8.00. The van der Waals surface area contributed by atoms with Crippen molar-refractivity contribution in [2.24, 2.45) is 0 Å². The maximum absolute atomic E-state index is 3.03. The van der Waals surface area contributed by atoms with Gasteiger partial charge in [0, 0.05) is 38.8 Å². The van der Waals surface area contributed by atoms with E-state index in [0.717, 1.165) is 0 Å². The monoisotopic (exact) mass is 261 g/mol. The average Bonchev–Trinajstić information content (AvgIpc) is 2.65. The smallest absolute Gasteiger partial charge is 0.000733 e. The molecule has 0 saturated heterocycles. The molecule has 0 aromatic heterocycles. The zero-order chi connectivity index (χ0) is 9.82. The van der Waals surface area contributed by atoms with Gasteiger partial charge in [-0.05, 0) is 7.05 Å². The predicted octanol–water partition coefficient (Wildman–Crippen LogP) is 3.40. The van der Waals surface area contributed by atoms with E-state index in [-0.39, 0.29) is 32.7 Å². The summed E-state index contributed by atoms with van der Waals surface area (Å²) in [5.74, 6) is 0. The van der Waals surface area contributed by atoms with Gasteiger partial charge >= 0.3 is 0 Å². The molecule has 0 bridgehead atoms. The molecule has 1 saturated carbocycles. The number of nitrogens with one attached hydrogen (secondary N) is 1. The molecule has 79 valence electrons. The van der Waals surface area contributed by atoms with Crippen LogP contribution >= 0.6 is 0 Å². The molecule has 0 atom stereocenters. The third-order valence-corrected chi connectivity index (χ3v) is 1.64. The fourth-order valence-electron chi connectivity index (χ4n) is 0.722. The second-order valence-electron chi connectivity index (χ2n) is 3.02. The molecule has 1 aliphatic carbocycles. The van der Waals surface area contributed by atoms with Gasteiger partial charge in [-0.1, -0.05) is 40.5 Å². The van der Waals surface area contributed by atoms with Crippen molar-refractivity contribution < 1.29 is 32.7 Å². The van der Waals surface area contributed by atoms with Crippen LogP contribution in [0.2, 0.25) is 0 Å². The summed E-state index contributed by atoms with van der Waals surface area (Å²) < 4.78 is 0. The molecule has 0 aromatic rings. The first-order valence-electron chi connectivity index (χ1n) is 5.26. The molecule has 0 aliphatic heterocycles. The van der Waals surface area contributed by atoms with Crippen LogP contribution in [-0.2, 0) is 32.7 Å². The third kappa shape index (κ3) is 24.6. The summed E-state index contributed by atoms with van der Waals surface area (Å²) in [7, 11) is 1.95. The van der Waals surface area contributed by atoms with Crippen molar-refractivity contribution in [3.05, 3.63) is 6.42 Å². The molecule has 13 heavy (non-hydrogen) atoms. The van der Waals surface area contributed by atoms with Crippen LogP contribution in [0.4, 0.5) is 0 Å². The van der Waals surface area contributed by atoms with E-state index in [1.807, 2.05) is 20.9 Å².